The lowest BCUT2D eigenvalue weighted by Gasteiger charge is -2.16. The van der Waals surface area contributed by atoms with Crippen molar-refractivity contribution in [1.82, 2.24) is 0 Å². The van der Waals surface area contributed by atoms with E-state index >= 15 is 0 Å². The summed E-state index contributed by atoms with van der Waals surface area (Å²) in [5.74, 6) is -1.80. The Morgan fingerprint density at radius 2 is 2.00 bits per heavy atom. The van der Waals surface area contributed by atoms with Gasteiger partial charge in [-0.2, -0.15) is 0 Å². The average molecular weight is 238 g/mol. The first-order chi connectivity index (χ1) is 7.33. The second-order valence-electron chi connectivity index (χ2n) is 3.31. The van der Waals surface area contributed by atoms with Crippen molar-refractivity contribution in [1.29, 1.82) is 0 Å². The highest BCUT2D eigenvalue weighted by atomic mass is 19.4. The van der Waals surface area contributed by atoms with Crippen LogP contribution in [-0.2, 0) is 0 Å². The van der Waals surface area contributed by atoms with Gasteiger partial charge < -0.3 is 9.84 Å². The molecule has 0 amide bonds. The lowest BCUT2D eigenvalue weighted by Crippen LogP contribution is -2.19. The van der Waals surface area contributed by atoms with E-state index in [0.717, 1.165) is 18.2 Å². The number of benzene rings is 1. The molecule has 1 atom stereocenters. The predicted octanol–water partition coefficient (Wildman–Crippen LogP) is 2.82. The summed E-state index contributed by atoms with van der Waals surface area (Å²) in [4.78, 5) is 0. The molecule has 0 radical (unpaired) electrons. The van der Waals surface area contributed by atoms with Gasteiger partial charge in [-0.1, -0.05) is 6.92 Å². The summed E-state index contributed by atoms with van der Waals surface area (Å²) < 4.78 is 52.6. The summed E-state index contributed by atoms with van der Waals surface area (Å²) in [5.41, 5.74) is -0.0141. The number of rotatable bonds is 3. The van der Waals surface area contributed by atoms with Crippen LogP contribution in [0.1, 0.15) is 18.4 Å². The molecule has 0 spiro atoms. The zero-order chi connectivity index (χ0) is 12.3. The van der Waals surface area contributed by atoms with Crippen LogP contribution >= 0.6 is 0 Å². The van der Waals surface area contributed by atoms with Crippen molar-refractivity contribution >= 4 is 0 Å². The molecule has 1 unspecified atom stereocenters. The molecule has 0 aromatic heterocycles. The quantitative estimate of drug-likeness (QED) is 0.820. The smallest absolute Gasteiger partial charge is 0.405 e. The standard InChI is InChI=1S/C10H10F4O2/c1-6(5-15)8-4-7(11)2-3-9(8)16-10(12,13)14/h2-4,6,15H,5H2,1H3. The molecule has 0 aliphatic rings. The minimum atomic E-state index is -4.83. The van der Waals surface area contributed by atoms with Gasteiger partial charge in [0.05, 0.1) is 0 Å². The molecule has 0 aliphatic heterocycles. The SMILES string of the molecule is CC(CO)c1cc(F)ccc1OC(F)(F)F. The van der Waals surface area contributed by atoms with E-state index in [0.29, 0.717) is 0 Å². The summed E-state index contributed by atoms with van der Waals surface area (Å²) in [6.07, 6.45) is -4.83. The molecule has 1 rings (SSSR count). The monoisotopic (exact) mass is 238 g/mol. The van der Waals surface area contributed by atoms with Gasteiger partial charge in [0.15, 0.2) is 0 Å². The van der Waals surface area contributed by atoms with Gasteiger partial charge in [0, 0.05) is 18.1 Å². The second-order valence-corrected chi connectivity index (χ2v) is 3.31. The Balaban J connectivity index is 3.07. The summed E-state index contributed by atoms with van der Waals surface area (Å²) >= 11 is 0. The van der Waals surface area contributed by atoms with E-state index in [1.165, 1.54) is 6.92 Å². The molecule has 0 saturated carbocycles. The highest BCUT2D eigenvalue weighted by molar-refractivity contribution is 5.36. The molecule has 2 nitrogen and oxygen atoms in total. The van der Waals surface area contributed by atoms with Gasteiger partial charge in [-0.05, 0) is 18.2 Å². The van der Waals surface area contributed by atoms with E-state index in [1.807, 2.05) is 0 Å². The Labute approximate surface area is 89.5 Å². The van der Waals surface area contributed by atoms with Gasteiger partial charge in [-0.15, -0.1) is 13.2 Å². The van der Waals surface area contributed by atoms with Crippen LogP contribution in [0, 0.1) is 5.82 Å². The molecule has 0 bridgehead atoms. The number of hydrogen-bond donors (Lipinski definition) is 1. The van der Waals surface area contributed by atoms with Crippen molar-refractivity contribution in [2.45, 2.75) is 19.2 Å². The lowest BCUT2D eigenvalue weighted by atomic mass is 10.0. The number of alkyl halides is 3. The fourth-order valence-corrected chi connectivity index (χ4v) is 1.22. The normalized spacial score (nSPS) is 13.6. The van der Waals surface area contributed by atoms with Crippen LogP contribution in [-0.4, -0.2) is 18.1 Å². The number of hydrogen-bond acceptors (Lipinski definition) is 2. The maximum atomic E-state index is 12.9. The number of aliphatic hydroxyl groups is 1. The van der Waals surface area contributed by atoms with Crippen molar-refractivity contribution in [3.05, 3.63) is 29.6 Å². The topological polar surface area (TPSA) is 29.5 Å². The molecule has 1 N–H and O–H groups in total. The number of aliphatic hydroxyl groups excluding tert-OH is 1. The van der Waals surface area contributed by atoms with Gasteiger partial charge in [-0.3, -0.25) is 0 Å². The van der Waals surface area contributed by atoms with Crippen molar-refractivity contribution in [3.63, 3.8) is 0 Å². The number of ether oxygens (including phenoxy) is 1. The van der Waals surface area contributed by atoms with E-state index in [9.17, 15) is 17.6 Å². The Bertz CT molecular complexity index is 362. The van der Waals surface area contributed by atoms with E-state index < -0.39 is 30.5 Å². The van der Waals surface area contributed by atoms with Crippen LogP contribution in [0.3, 0.4) is 0 Å². The summed E-state index contributed by atoms with van der Waals surface area (Å²) in [6.45, 7) is 1.08. The van der Waals surface area contributed by atoms with Crippen LogP contribution in [0.15, 0.2) is 18.2 Å². The molecular formula is C10H10F4O2. The molecule has 6 heteroatoms. The Morgan fingerprint density at radius 1 is 1.38 bits per heavy atom. The highest BCUT2D eigenvalue weighted by Crippen LogP contribution is 2.31. The largest absolute Gasteiger partial charge is 0.573 e. The molecule has 1 aromatic rings. The maximum Gasteiger partial charge on any atom is 0.573 e. The van der Waals surface area contributed by atoms with Crippen molar-refractivity contribution in [2.24, 2.45) is 0 Å². The first kappa shape index (κ1) is 12.8. The average Bonchev–Trinajstić information content (AvgIpc) is 2.17. The van der Waals surface area contributed by atoms with Crippen molar-refractivity contribution < 1.29 is 27.4 Å². The fraction of sp³-hybridized carbons (Fsp3) is 0.400. The van der Waals surface area contributed by atoms with E-state index in [1.54, 1.807) is 0 Å². The summed E-state index contributed by atoms with van der Waals surface area (Å²) in [5, 5.41) is 8.84. The summed E-state index contributed by atoms with van der Waals surface area (Å²) in [6, 6.07) is 2.68. The summed E-state index contributed by atoms with van der Waals surface area (Å²) in [7, 11) is 0. The van der Waals surface area contributed by atoms with Gasteiger partial charge in [0.2, 0.25) is 0 Å². The zero-order valence-electron chi connectivity index (χ0n) is 8.38. The van der Waals surface area contributed by atoms with Gasteiger partial charge in [0.1, 0.15) is 11.6 Å². The molecule has 0 aliphatic carbocycles. The third-order valence-corrected chi connectivity index (χ3v) is 2.00. The van der Waals surface area contributed by atoms with Gasteiger partial charge >= 0.3 is 6.36 Å². The third kappa shape index (κ3) is 3.37. The van der Waals surface area contributed by atoms with Gasteiger partial charge in [-0.25, -0.2) is 4.39 Å². The molecule has 0 fully saturated rings. The maximum absolute atomic E-state index is 12.9. The van der Waals surface area contributed by atoms with Crippen molar-refractivity contribution in [3.8, 4) is 5.75 Å². The Kier molecular flexibility index (Phi) is 3.74. The first-order valence-corrected chi connectivity index (χ1v) is 4.49. The highest BCUT2D eigenvalue weighted by Gasteiger charge is 2.32. The van der Waals surface area contributed by atoms with Crippen LogP contribution in [0.2, 0.25) is 0 Å². The molecule has 0 heterocycles. The first-order valence-electron chi connectivity index (χ1n) is 4.49. The van der Waals surface area contributed by atoms with E-state index in [-0.39, 0.29) is 5.56 Å². The minimum absolute atomic E-state index is 0.0141. The van der Waals surface area contributed by atoms with E-state index in [2.05, 4.69) is 4.74 Å². The second kappa shape index (κ2) is 4.69. The molecule has 16 heavy (non-hydrogen) atoms. The van der Waals surface area contributed by atoms with Crippen LogP contribution in [0.5, 0.6) is 5.75 Å². The lowest BCUT2D eigenvalue weighted by molar-refractivity contribution is -0.275. The zero-order valence-corrected chi connectivity index (χ0v) is 8.38. The molecule has 0 saturated heterocycles. The van der Waals surface area contributed by atoms with Crippen LogP contribution < -0.4 is 4.74 Å². The fourth-order valence-electron chi connectivity index (χ4n) is 1.22. The molecular weight excluding hydrogens is 228 g/mol. The minimum Gasteiger partial charge on any atom is -0.405 e. The molecule has 90 valence electrons. The van der Waals surface area contributed by atoms with Gasteiger partial charge in [0.25, 0.3) is 0 Å². The third-order valence-electron chi connectivity index (χ3n) is 2.00. The Hall–Kier alpha value is -1.30. The van der Waals surface area contributed by atoms with Crippen LogP contribution in [0.4, 0.5) is 17.6 Å². The number of halogens is 4. The van der Waals surface area contributed by atoms with E-state index in [4.69, 9.17) is 5.11 Å². The van der Waals surface area contributed by atoms with Crippen molar-refractivity contribution in [2.75, 3.05) is 6.61 Å². The molecule has 1 aromatic carbocycles. The Morgan fingerprint density at radius 3 is 2.50 bits per heavy atom. The van der Waals surface area contributed by atoms with Crippen LogP contribution in [0.25, 0.3) is 0 Å². The predicted molar refractivity (Wildman–Crippen MR) is 48.6 cm³/mol.